The van der Waals surface area contributed by atoms with Crippen LogP contribution in [0.3, 0.4) is 0 Å². The third-order valence-electron chi connectivity index (χ3n) is 1.20. The summed E-state index contributed by atoms with van der Waals surface area (Å²) in [4.78, 5) is 0. The van der Waals surface area contributed by atoms with E-state index in [0.717, 1.165) is 5.56 Å². The van der Waals surface area contributed by atoms with Crippen LogP contribution in [0.2, 0.25) is 0 Å². The summed E-state index contributed by atoms with van der Waals surface area (Å²) in [5.41, 5.74) is 0.900. The molecule has 0 aliphatic carbocycles. The van der Waals surface area contributed by atoms with Gasteiger partial charge in [-0.2, -0.15) is 12.8 Å². The van der Waals surface area contributed by atoms with Gasteiger partial charge in [0, 0.05) is 0 Å². The first kappa shape index (κ1) is 7.94. The van der Waals surface area contributed by atoms with Crippen molar-refractivity contribution < 1.29 is 8.42 Å². The molecule has 1 rings (SSSR count). The summed E-state index contributed by atoms with van der Waals surface area (Å²) in [6.07, 6.45) is 0. The fraction of sp³-hybridized carbons (Fsp3) is 0.143. The Kier molecular flexibility index (Phi) is 2.80. The van der Waals surface area contributed by atoms with E-state index >= 15 is 0 Å². The zero-order chi connectivity index (χ0) is 8.10. The molecular weight excluding hydrogens is 162 g/mol. The molecule has 0 saturated carbocycles. The molecule has 0 spiro atoms. The van der Waals surface area contributed by atoms with Gasteiger partial charge in [0.25, 0.3) is 0 Å². The molecule has 0 heterocycles. The van der Waals surface area contributed by atoms with Crippen LogP contribution in [-0.2, 0) is 17.0 Å². The van der Waals surface area contributed by atoms with Crippen molar-refractivity contribution in [1.29, 1.82) is 0 Å². The summed E-state index contributed by atoms with van der Waals surface area (Å²) >= 11 is 0. The minimum absolute atomic E-state index is 0.233. The number of benzene rings is 1. The van der Waals surface area contributed by atoms with Crippen LogP contribution >= 0.6 is 0 Å². The van der Waals surface area contributed by atoms with E-state index in [2.05, 4.69) is 4.36 Å². The molecule has 0 amide bonds. The van der Waals surface area contributed by atoms with Crippen LogP contribution in [0.25, 0.3) is 0 Å². The molecule has 0 fully saturated rings. The van der Waals surface area contributed by atoms with Gasteiger partial charge in [-0.15, -0.1) is 0 Å². The van der Waals surface area contributed by atoms with E-state index in [1.54, 1.807) is 0 Å². The zero-order valence-corrected chi connectivity index (χ0v) is 6.58. The Morgan fingerprint density at radius 2 is 1.82 bits per heavy atom. The van der Waals surface area contributed by atoms with Gasteiger partial charge in [-0.05, 0) is 5.56 Å². The van der Waals surface area contributed by atoms with E-state index in [-0.39, 0.29) is 6.54 Å². The first-order valence-electron chi connectivity index (χ1n) is 3.10. The summed E-state index contributed by atoms with van der Waals surface area (Å²) in [5.74, 6) is 0. The van der Waals surface area contributed by atoms with Gasteiger partial charge >= 0.3 is 10.5 Å². The average Bonchev–Trinajstić information content (AvgIpc) is 2.03. The van der Waals surface area contributed by atoms with Crippen molar-refractivity contribution in [2.75, 3.05) is 0 Å². The summed E-state index contributed by atoms with van der Waals surface area (Å²) in [6, 6.07) is 9.22. The molecule has 0 N–H and O–H groups in total. The summed E-state index contributed by atoms with van der Waals surface area (Å²) in [5, 5.41) is 0. The van der Waals surface area contributed by atoms with Crippen molar-refractivity contribution in [1.82, 2.24) is 0 Å². The van der Waals surface area contributed by atoms with Crippen molar-refractivity contribution in [2.24, 2.45) is 4.36 Å². The molecule has 0 unspecified atom stereocenters. The predicted octanol–water partition coefficient (Wildman–Crippen LogP) is 1.25. The highest BCUT2D eigenvalue weighted by Crippen LogP contribution is 1.98. The molecule has 0 radical (unpaired) electrons. The highest BCUT2D eigenvalue weighted by atomic mass is 32.2. The molecule has 0 atom stereocenters. The topological polar surface area (TPSA) is 46.5 Å². The highest BCUT2D eigenvalue weighted by molar-refractivity contribution is 7.61. The summed E-state index contributed by atoms with van der Waals surface area (Å²) in [6.45, 7) is 0.233. The minimum atomic E-state index is -2.29. The summed E-state index contributed by atoms with van der Waals surface area (Å²) < 4.78 is 23.3. The van der Waals surface area contributed by atoms with Crippen molar-refractivity contribution in [3.8, 4) is 0 Å². The molecule has 1 aromatic rings. The molecule has 58 valence electrons. The molecule has 0 bridgehead atoms. The Hall–Kier alpha value is -1.16. The van der Waals surface area contributed by atoms with Crippen LogP contribution in [0, 0.1) is 0 Å². The monoisotopic (exact) mass is 169 g/mol. The third-order valence-corrected chi connectivity index (χ3v) is 1.54. The SMILES string of the molecule is O=S(=O)=NCc1ccccc1. The Labute approximate surface area is 66.4 Å². The minimum Gasteiger partial charge on any atom is -0.167 e. The lowest BCUT2D eigenvalue weighted by atomic mass is 10.2. The Balaban J connectivity index is 2.74. The average molecular weight is 169 g/mol. The maximum atomic E-state index is 10.0. The fourth-order valence-electron chi connectivity index (χ4n) is 0.711. The van der Waals surface area contributed by atoms with Gasteiger partial charge in [0.05, 0.1) is 6.54 Å². The largest absolute Gasteiger partial charge is 0.311 e. The second-order valence-corrected chi connectivity index (χ2v) is 2.68. The van der Waals surface area contributed by atoms with Crippen LogP contribution in [0.5, 0.6) is 0 Å². The molecule has 11 heavy (non-hydrogen) atoms. The van der Waals surface area contributed by atoms with Crippen LogP contribution in [-0.4, -0.2) is 8.42 Å². The van der Waals surface area contributed by atoms with E-state index in [1.807, 2.05) is 30.3 Å². The van der Waals surface area contributed by atoms with E-state index in [9.17, 15) is 8.42 Å². The number of rotatable bonds is 2. The molecule has 3 nitrogen and oxygen atoms in total. The first-order valence-corrected chi connectivity index (χ1v) is 4.13. The van der Waals surface area contributed by atoms with Crippen LogP contribution in [0.1, 0.15) is 5.56 Å². The Morgan fingerprint density at radius 1 is 1.18 bits per heavy atom. The van der Waals surface area contributed by atoms with E-state index < -0.39 is 10.5 Å². The molecule has 0 aliphatic rings. The zero-order valence-electron chi connectivity index (χ0n) is 5.77. The van der Waals surface area contributed by atoms with Gasteiger partial charge in [-0.25, -0.2) is 0 Å². The van der Waals surface area contributed by atoms with E-state index in [1.165, 1.54) is 0 Å². The molecule has 0 aliphatic heterocycles. The van der Waals surface area contributed by atoms with Crippen molar-refractivity contribution in [2.45, 2.75) is 6.54 Å². The number of hydrogen-bond donors (Lipinski definition) is 0. The highest BCUT2D eigenvalue weighted by Gasteiger charge is 1.86. The standard InChI is InChI=1S/C7H7NO2S/c9-11(10)8-6-7-4-2-1-3-5-7/h1-5H,6H2. The fourth-order valence-corrected chi connectivity index (χ4v) is 0.965. The maximum absolute atomic E-state index is 10.0. The van der Waals surface area contributed by atoms with Gasteiger partial charge in [-0.3, -0.25) is 0 Å². The van der Waals surface area contributed by atoms with E-state index in [4.69, 9.17) is 0 Å². The molecular formula is C7H7NO2S. The Bertz CT molecular complexity index is 334. The Morgan fingerprint density at radius 3 is 2.36 bits per heavy atom. The van der Waals surface area contributed by atoms with Crippen LogP contribution in [0.4, 0.5) is 0 Å². The second kappa shape index (κ2) is 3.88. The molecule has 0 saturated heterocycles. The summed E-state index contributed by atoms with van der Waals surface area (Å²) in [7, 11) is -2.29. The predicted molar refractivity (Wildman–Crippen MR) is 41.5 cm³/mol. The molecule has 0 aromatic heterocycles. The van der Waals surface area contributed by atoms with Crippen LogP contribution < -0.4 is 0 Å². The van der Waals surface area contributed by atoms with Crippen molar-refractivity contribution in [3.05, 3.63) is 35.9 Å². The van der Waals surface area contributed by atoms with E-state index in [0.29, 0.717) is 0 Å². The van der Waals surface area contributed by atoms with Gasteiger partial charge in [0.1, 0.15) is 0 Å². The van der Waals surface area contributed by atoms with Crippen molar-refractivity contribution >= 4 is 10.5 Å². The first-order chi connectivity index (χ1) is 5.29. The lowest BCUT2D eigenvalue weighted by molar-refractivity contribution is 0.620. The third kappa shape index (κ3) is 2.95. The maximum Gasteiger partial charge on any atom is 0.311 e. The van der Waals surface area contributed by atoms with Gasteiger partial charge in [0.2, 0.25) is 0 Å². The van der Waals surface area contributed by atoms with Gasteiger partial charge in [-0.1, -0.05) is 30.3 Å². The normalized spacial score (nSPS) is 9.09. The van der Waals surface area contributed by atoms with Crippen molar-refractivity contribution in [3.63, 3.8) is 0 Å². The lowest BCUT2D eigenvalue weighted by Crippen LogP contribution is -1.77. The molecule has 1 aromatic carbocycles. The number of nitrogens with zero attached hydrogens (tertiary/aromatic N) is 1. The molecule has 4 heteroatoms. The van der Waals surface area contributed by atoms with Gasteiger partial charge < -0.3 is 0 Å². The van der Waals surface area contributed by atoms with Crippen LogP contribution in [0.15, 0.2) is 34.7 Å². The lowest BCUT2D eigenvalue weighted by Gasteiger charge is -1.89. The quantitative estimate of drug-likeness (QED) is 0.668. The second-order valence-electron chi connectivity index (χ2n) is 1.99. The van der Waals surface area contributed by atoms with Gasteiger partial charge in [0.15, 0.2) is 0 Å². The smallest absolute Gasteiger partial charge is 0.167 e. The number of hydrogen-bond acceptors (Lipinski definition) is 3.